The Morgan fingerprint density at radius 2 is 2.15 bits per heavy atom. The zero-order valence-corrected chi connectivity index (χ0v) is 12.6. The van der Waals surface area contributed by atoms with Crippen molar-refractivity contribution in [1.82, 2.24) is 10.2 Å². The second-order valence-electron chi connectivity index (χ2n) is 5.75. The number of likely N-dealkylation sites (tertiary alicyclic amines) is 1. The quantitative estimate of drug-likeness (QED) is 0.865. The highest BCUT2D eigenvalue weighted by atomic mass is 16.2. The van der Waals surface area contributed by atoms with Gasteiger partial charge in [0.05, 0.1) is 5.92 Å². The van der Waals surface area contributed by atoms with E-state index in [0.29, 0.717) is 11.8 Å². The number of carbonyl (C=O) groups excluding carboxylic acids is 1. The van der Waals surface area contributed by atoms with Crippen LogP contribution in [-0.2, 0) is 4.79 Å². The molecule has 3 nitrogen and oxygen atoms in total. The van der Waals surface area contributed by atoms with Crippen LogP contribution < -0.4 is 5.32 Å². The second-order valence-corrected chi connectivity index (χ2v) is 5.75. The van der Waals surface area contributed by atoms with Gasteiger partial charge in [0.15, 0.2) is 0 Å². The lowest BCUT2D eigenvalue weighted by Crippen LogP contribution is -2.34. The third-order valence-corrected chi connectivity index (χ3v) is 4.17. The van der Waals surface area contributed by atoms with Crippen molar-refractivity contribution in [2.24, 2.45) is 5.92 Å². The largest absolute Gasteiger partial charge is 0.342 e. The average molecular weight is 274 g/mol. The van der Waals surface area contributed by atoms with Crippen molar-refractivity contribution in [2.75, 3.05) is 26.7 Å². The minimum atomic E-state index is 0.0366. The number of hydrogen-bond donors (Lipinski definition) is 1. The molecule has 1 N–H and O–H groups in total. The highest BCUT2D eigenvalue weighted by molar-refractivity contribution is 5.84. The van der Waals surface area contributed by atoms with E-state index in [2.05, 4.69) is 29.3 Å². The molecule has 20 heavy (non-hydrogen) atoms. The summed E-state index contributed by atoms with van der Waals surface area (Å²) in [6.07, 6.45) is 3.11. The van der Waals surface area contributed by atoms with Crippen molar-refractivity contribution < 1.29 is 4.79 Å². The summed E-state index contributed by atoms with van der Waals surface area (Å²) in [5, 5.41) is 3.22. The summed E-state index contributed by atoms with van der Waals surface area (Å²) in [6.45, 7) is 4.98. The number of amides is 1. The van der Waals surface area contributed by atoms with Gasteiger partial charge in [0.1, 0.15) is 0 Å². The zero-order chi connectivity index (χ0) is 14.4. The van der Waals surface area contributed by atoms with Gasteiger partial charge in [-0.1, -0.05) is 43.7 Å². The van der Waals surface area contributed by atoms with Crippen LogP contribution in [0.5, 0.6) is 0 Å². The Hall–Kier alpha value is -1.35. The van der Waals surface area contributed by atoms with E-state index in [1.54, 1.807) is 0 Å². The first-order valence-electron chi connectivity index (χ1n) is 7.74. The highest BCUT2D eigenvalue weighted by Gasteiger charge is 2.30. The van der Waals surface area contributed by atoms with E-state index in [0.717, 1.165) is 44.5 Å². The van der Waals surface area contributed by atoms with Gasteiger partial charge < -0.3 is 10.2 Å². The summed E-state index contributed by atoms with van der Waals surface area (Å²) < 4.78 is 0. The van der Waals surface area contributed by atoms with E-state index in [1.165, 1.54) is 0 Å². The van der Waals surface area contributed by atoms with Gasteiger partial charge in [0.2, 0.25) is 5.91 Å². The molecule has 0 spiro atoms. The first-order chi connectivity index (χ1) is 9.76. The molecule has 1 aliphatic heterocycles. The van der Waals surface area contributed by atoms with Gasteiger partial charge in [0.25, 0.3) is 0 Å². The van der Waals surface area contributed by atoms with E-state index in [1.807, 2.05) is 25.2 Å². The number of nitrogens with zero attached hydrogens (tertiary/aromatic N) is 1. The van der Waals surface area contributed by atoms with E-state index >= 15 is 0 Å². The highest BCUT2D eigenvalue weighted by Crippen LogP contribution is 2.26. The molecule has 1 fully saturated rings. The summed E-state index contributed by atoms with van der Waals surface area (Å²) in [6, 6.07) is 10.2. The maximum atomic E-state index is 12.8. The molecule has 1 aromatic rings. The van der Waals surface area contributed by atoms with Crippen molar-refractivity contribution >= 4 is 5.91 Å². The fourth-order valence-corrected chi connectivity index (χ4v) is 3.12. The molecule has 110 valence electrons. The Balaban J connectivity index is 2.05. The van der Waals surface area contributed by atoms with Crippen molar-refractivity contribution in [1.29, 1.82) is 0 Å². The molecule has 1 amide bonds. The van der Waals surface area contributed by atoms with Crippen molar-refractivity contribution in [3.8, 4) is 0 Å². The Labute approximate surface area is 122 Å². The summed E-state index contributed by atoms with van der Waals surface area (Å²) in [4.78, 5) is 14.9. The number of benzene rings is 1. The minimum Gasteiger partial charge on any atom is -0.342 e. The van der Waals surface area contributed by atoms with E-state index < -0.39 is 0 Å². The fourth-order valence-electron chi connectivity index (χ4n) is 3.12. The van der Waals surface area contributed by atoms with Crippen LogP contribution in [0.3, 0.4) is 0 Å². The van der Waals surface area contributed by atoms with E-state index in [4.69, 9.17) is 0 Å². The van der Waals surface area contributed by atoms with Crippen LogP contribution in [0.2, 0.25) is 0 Å². The minimum absolute atomic E-state index is 0.0366. The Morgan fingerprint density at radius 3 is 2.80 bits per heavy atom. The number of rotatable bonds is 6. The van der Waals surface area contributed by atoms with Crippen molar-refractivity contribution in [2.45, 2.75) is 32.1 Å². The zero-order valence-electron chi connectivity index (χ0n) is 12.6. The molecule has 0 aromatic heterocycles. The number of hydrogen-bond acceptors (Lipinski definition) is 2. The Kier molecular flexibility index (Phi) is 5.60. The molecule has 3 heteroatoms. The van der Waals surface area contributed by atoms with Gasteiger partial charge in [-0.15, -0.1) is 0 Å². The molecule has 0 bridgehead atoms. The molecule has 1 aromatic carbocycles. The van der Waals surface area contributed by atoms with Crippen LogP contribution in [0.25, 0.3) is 0 Å². The summed E-state index contributed by atoms with van der Waals surface area (Å²) in [5.41, 5.74) is 1.16. The van der Waals surface area contributed by atoms with Crippen LogP contribution in [0.1, 0.15) is 37.7 Å². The molecule has 2 rings (SSSR count). The van der Waals surface area contributed by atoms with Gasteiger partial charge in [0, 0.05) is 13.1 Å². The van der Waals surface area contributed by atoms with Crippen LogP contribution in [-0.4, -0.2) is 37.5 Å². The van der Waals surface area contributed by atoms with Crippen molar-refractivity contribution in [3.05, 3.63) is 35.9 Å². The predicted octanol–water partition coefficient (Wildman–Crippen LogP) is 2.64. The molecule has 0 radical (unpaired) electrons. The normalized spacial score (nSPS) is 20.1. The Morgan fingerprint density at radius 1 is 1.40 bits per heavy atom. The summed E-state index contributed by atoms with van der Waals surface area (Å²) >= 11 is 0. The van der Waals surface area contributed by atoms with Crippen molar-refractivity contribution in [3.63, 3.8) is 0 Å². The number of carbonyl (C=O) groups is 1. The van der Waals surface area contributed by atoms with E-state index in [-0.39, 0.29) is 5.92 Å². The van der Waals surface area contributed by atoms with Crippen LogP contribution in [0.4, 0.5) is 0 Å². The third-order valence-electron chi connectivity index (χ3n) is 4.17. The molecular formula is C17H26N2O. The standard InChI is InChI=1S/C17H26N2O/c1-3-7-16(15-8-5-4-6-9-15)17(20)19-11-10-14(13-19)12-18-2/h4-6,8-9,14,16,18H,3,7,10-13H2,1-2H3. The first-order valence-corrected chi connectivity index (χ1v) is 7.74. The molecule has 1 aliphatic rings. The molecule has 0 aliphatic carbocycles. The Bertz CT molecular complexity index is 418. The maximum absolute atomic E-state index is 12.8. The monoisotopic (exact) mass is 274 g/mol. The fraction of sp³-hybridized carbons (Fsp3) is 0.588. The molecule has 0 saturated carbocycles. The molecule has 2 atom stereocenters. The van der Waals surface area contributed by atoms with Gasteiger partial charge in [-0.2, -0.15) is 0 Å². The molecule has 1 heterocycles. The number of nitrogens with one attached hydrogen (secondary N) is 1. The van der Waals surface area contributed by atoms with Crippen LogP contribution >= 0.6 is 0 Å². The molecule has 1 saturated heterocycles. The van der Waals surface area contributed by atoms with Gasteiger partial charge in [-0.05, 0) is 37.9 Å². The van der Waals surface area contributed by atoms with Crippen LogP contribution in [0.15, 0.2) is 30.3 Å². The lowest BCUT2D eigenvalue weighted by molar-refractivity contribution is -0.132. The summed E-state index contributed by atoms with van der Waals surface area (Å²) in [5.74, 6) is 0.966. The maximum Gasteiger partial charge on any atom is 0.230 e. The lowest BCUT2D eigenvalue weighted by atomic mass is 9.93. The molecular weight excluding hydrogens is 248 g/mol. The average Bonchev–Trinajstić information content (AvgIpc) is 2.94. The predicted molar refractivity (Wildman–Crippen MR) is 82.7 cm³/mol. The first kappa shape index (κ1) is 15.0. The van der Waals surface area contributed by atoms with Gasteiger partial charge in [-0.3, -0.25) is 4.79 Å². The summed E-state index contributed by atoms with van der Waals surface area (Å²) in [7, 11) is 1.98. The smallest absolute Gasteiger partial charge is 0.230 e. The molecule has 2 unspecified atom stereocenters. The van der Waals surface area contributed by atoms with Crippen LogP contribution in [0, 0.1) is 5.92 Å². The second kappa shape index (κ2) is 7.44. The van der Waals surface area contributed by atoms with Gasteiger partial charge in [-0.25, -0.2) is 0 Å². The van der Waals surface area contributed by atoms with E-state index in [9.17, 15) is 4.79 Å². The topological polar surface area (TPSA) is 32.3 Å². The lowest BCUT2D eigenvalue weighted by Gasteiger charge is -2.24. The third kappa shape index (κ3) is 3.60. The SMILES string of the molecule is CCCC(C(=O)N1CCC(CNC)C1)c1ccccc1. The van der Waals surface area contributed by atoms with Gasteiger partial charge >= 0.3 is 0 Å².